The fourth-order valence-corrected chi connectivity index (χ4v) is 3.82. The molecule has 0 saturated carbocycles. The maximum absolute atomic E-state index is 11.1. The van der Waals surface area contributed by atoms with Gasteiger partial charge in [-0.05, 0) is 38.7 Å². The van der Waals surface area contributed by atoms with Crippen molar-refractivity contribution in [1.29, 1.82) is 0 Å². The van der Waals surface area contributed by atoms with Crippen molar-refractivity contribution >= 4 is 22.8 Å². The first-order chi connectivity index (χ1) is 12.8. The number of carbonyl (C=O) groups is 1. The highest BCUT2D eigenvalue weighted by Gasteiger charge is 2.32. The summed E-state index contributed by atoms with van der Waals surface area (Å²) in [6.45, 7) is 5.47. The van der Waals surface area contributed by atoms with Crippen LogP contribution in [-0.4, -0.2) is 49.0 Å². The number of carbonyl (C=O) groups excluding carboxylic acids is 1. The lowest BCUT2D eigenvalue weighted by Crippen LogP contribution is -2.34. The highest BCUT2D eigenvalue weighted by Crippen LogP contribution is 2.37. The zero-order valence-electron chi connectivity index (χ0n) is 16.2. The minimum Gasteiger partial charge on any atom is -0.493 e. The zero-order valence-corrected chi connectivity index (χ0v) is 16.2. The first-order valence-corrected chi connectivity index (χ1v) is 8.93. The first kappa shape index (κ1) is 19.0. The molecule has 0 aliphatic carbocycles. The van der Waals surface area contributed by atoms with Crippen molar-refractivity contribution in [3.05, 3.63) is 18.5 Å². The number of amides is 1. The van der Waals surface area contributed by atoms with Crippen molar-refractivity contribution in [2.75, 3.05) is 32.2 Å². The molecule has 1 amide bonds. The van der Waals surface area contributed by atoms with Crippen LogP contribution in [0.1, 0.15) is 26.7 Å². The Balaban J connectivity index is 1.83. The highest BCUT2D eigenvalue weighted by molar-refractivity contribution is 5.92. The molecular weight excluding hydrogens is 348 g/mol. The lowest BCUT2D eigenvalue weighted by molar-refractivity contribution is 0.0286. The molecule has 1 unspecified atom stereocenters. The molecule has 1 aromatic heterocycles. The van der Waals surface area contributed by atoms with E-state index in [0.29, 0.717) is 17.4 Å². The van der Waals surface area contributed by atoms with Gasteiger partial charge >= 0.3 is 6.09 Å². The number of aromatic nitrogens is 2. The summed E-state index contributed by atoms with van der Waals surface area (Å²) >= 11 is 0. The lowest BCUT2D eigenvalue weighted by atomic mass is 9.93. The second-order valence-electron chi connectivity index (χ2n) is 7.41. The number of fused-ring (bicyclic) bond motifs is 1. The molecule has 1 aromatic carbocycles. The number of methoxy groups -OCH3 is 2. The Kier molecular flexibility index (Phi) is 5.25. The fourth-order valence-electron chi connectivity index (χ4n) is 3.82. The topological polar surface area (TPSA) is 99.8 Å². The zero-order chi connectivity index (χ0) is 19.6. The van der Waals surface area contributed by atoms with Gasteiger partial charge in [0.1, 0.15) is 17.7 Å². The van der Waals surface area contributed by atoms with E-state index in [1.54, 1.807) is 20.5 Å². The van der Waals surface area contributed by atoms with Crippen LogP contribution in [0.2, 0.25) is 0 Å². The van der Waals surface area contributed by atoms with Crippen molar-refractivity contribution in [3.63, 3.8) is 0 Å². The van der Waals surface area contributed by atoms with E-state index in [1.807, 2.05) is 26.0 Å². The molecule has 2 heterocycles. The minimum atomic E-state index is -0.738. The summed E-state index contributed by atoms with van der Waals surface area (Å²) in [6.07, 6.45) is 2.56. The van der Waals surface area contributed by atoms with E-state index in [2.05, 4.69) is 14.9 Å². The van der Waals surface area contributed by atoms with Crippen LogP contribution in [0.15, 0.2) is 18.5 Å². The van der Waals surface area contributed by atoms with Crippen LogP contribution in [0.3, 0.4) is 0 Å². The molecule has 0 bridgehead atoms. The van der Waals surface area contributed by atoms with E-state index >= 15 is 0 Å². The van der Waals surface area contributed by atoms with Gasteiger partial charge in [-0.25, -0.2) is 14.8 Å². The van der Waals surface area contributed by atoms with Gasteiger partial charge in [0.25, 0.3) is 0 Å². The van der Waals surface area contributed by atoms with Crippen molar-refractivity contribution < 1.29 is 19.0 Å². The monoisotopic (exact) mass is 374 g/mol. The number of nitrogens with two attached hydrogens (primary N) is 1. The third-order valence-electron chi connectivity index (χ3n) is 4.86. The lowest BCUT2D eigenvalue weighted by Gasteiger charge is -2.27. The third kappa shape index (κ3) is 4.15. The summed E-state index contributed by atoms with van der Waals surface area (Å²) < 4.78 is 16.0. The Hall–Kier alpha value is -2.77. The molecule has 1 fully saturated rings. The van der Waals surface area contributed by atoms with E-state index in [0.717, 1.165) is 42.7 Å². The maximum Gasteiger partial charge on any atom is 0.405 e. The average molecular weight is 374 g/mol. The van der Waals surface area contributed by atoms with Gasteiger partial charge in [0.15, 0.2) is 11.5 Å². The number of benzene rings is 1. The molecule has 1 aliphatic heterocycles. The second kappa shape index (κ2) is 7.46. The maximum atomic E-state index is 11.1. The Morgan fingerprint density at radius 2 is 1.96 bits per heavy atom. The van der Waals surface area contributed by atoms with Crippen molar-refractivity contribution in [1.82, 2.24) is 9.97 Å². The van der Waals surface area contributed by atoms with Gasteiger partial charge in [0, 0.05) is 24.5 Å². The second-order valence-corrected chi connectivity index (χ2v) is 7.41. The molecule has 146 valence electrons. The molecule has 0 spiro atoms. The molecular formula is C19H26N4O4. The summed E-state index contributed by atoms with van der Waals surface area (Å²) in [5.74, 6) is 2.54. The molecule has 1 aliphatic rings. The van der Waals surface area contributed by atoms with E-state index < -0.39 is 11.7 Å². The quantitative estimate of drug-likeness (QED) is 0.830. The van der Waals surface area contributed by atoms with Crippen LogP contribution >= 0.6 is 0 Å². The number of rotatable bonds is 6. The largest absolute Gasteiger partial charge is 0.493 e. The molecule has 1 saturated heterocycles. The van der Waals surface area contributed by atoms with Crippen LogP contribution in [-0.2, 0) is 4.74 Å². The molecule has 1 atom stereocenters. The number of nitrogens with zero attached hydrogens (tertiary/aromatic N) is 3. The van der Waals surface area contributed by atoms with E-state index in [-0.39, 0.29) is 0 Å². The third-order valence-corrected chi connectivity index (χ3v) is 4.86. The summed E-state index contributed by atoms with van der Waals surface area (Å²) in [4.78, 5) is 22.2. The van der Waals surface area contributed by atoms with Gasteiger partial charge in [0.2, 0.25) is 0 Å². The highest BCUT2D eigenvalue weighted by atomic mass is 16.6. The number of hydrogen-bond acceptors (Lipinski definition) is 7. The first-order valence-electron chi connectivity index (χ1n) is 8.93. The molecule has 3 rings (SSSR count). The van der Waals surface area contributed by atoms with Gasteiger partial charge in [-0.2, -0.15) is 0 Å². The van der Waals surface area contributed by atoms with Crippen molar-refractivity contribution in [2.45, 2.75) is 32.3 Å². The smallest absolute Gasteiger partial charge is 0.405 e. The Morgan fingerprint density at radius 1 is 1.26 bits per heavy atom. The Morgan fingerprint density at radius 3 is 2.63 bits per heavy atom. The van der Waals surface area contributed by atoms with E-state index in [1.165, 1.54) is 0 Å². The summed E-state index contributed by atoms with van der Waals surface area (Å²) in [6, 6.07) is 3.77. The molecule has 8 nitrogen and oxygen atoms in total. The number of primary amides is 1. The van der Waals surface area contributed by atoms with Crippen LogP contribution in [0, 0.1) is 5.92 Å². The molecule has 0 radical (unpaired) electrons. The van der Waals surface area contributed by atoms with Crippen LogP contribution in [0.25, 0.3) is 10.9 Å². The van der Waals surface area contributed by atoms with Gasteiger partial charge in [-0.15, -0.1) is 0 Å². The Bertz CT molecular complexity index is 840. The predicted molar refractivity (Wildman–Crippen MR) is 102 cm³/mol. The summed E-state index contributed by atoms with van der Waals surface area (Å²) in [5.41, 5.74) is 5.39. The summed E-state index contributed by atoms with van der Waals surface area (Å²) in [5, 5.41) is 0.920. The van der Waals surface area contributed by atoms with E-state index in [4.69, 9.17) is 19.9 Å². The molecule has 8 heteroatoms. The van der Waals surface area contributed by atoms with Gasteiger partial charge < -0.3 is 24.8 Å². The predicted octanol–water partition coefficient (Wildman–Crippen LogP) is 2.74. The minimum absolute atomic E-state index is 0.379. The number of anilines is 1. The molecule has 2 N–H and O–H groups in total. The molecule has 2 aromatic rings. The number of ether oxygens (including phenoxy) is 3. The van der Waals surface area contributed by atoms with Gasteiger partial charge in [-0.1, -0.05) is 0 Å². The van der Waals surface area contributed by atoms with Crippen LogP contribution in [0.5, 0.6) is 11.5 Å². The fraction of sp³-hybridized carbons (Fsp3) is 0.526. The van der Waals surface area contributed by atoms with Gasteiger partial charge in [-0.3, -0.25) is 0 Å². The van der Waals surface area contributed by atoms with E-state index in [9.17, 15) is 4.79 Å². The SMILES string of the molecule is COc1cc2ncnc(N3CCC(CC(C)(C)OC(N)=O)C3)c2cc1OC. The molecule has 27 heavy (non-hydrogen) atoms. The Labute approximate surface area is 158 Å². The van der Waals surface area contributed by atoms with Crippen molar-refractivity contribution in [3.8, 4) is 11.5 Å². The van der Waals surface area contributed by atoms with Gasteiger partial charge in [0.05, 0.1) is 19.7 Å². The average Bonchev–Trinajstić information content (AvgIpc) is 3.06. The standard InChI is InChI=1S/C19H26N4O4/c1-19(2,27-18(20)24)9-12-5-6-23(10-12)17-13-7-15(25-3)16(26-4)8-14(13)21-11-22-17/h7-8,11-12H,5-6,9-10H2,1-4H3,(H2,20,24). The normalized spacial score (nSPS) is 17.2. The van der Waals surface area contributed by atoms with Crippen LogP contribution < -0.4 is 20.1 Å². The van der Waals surface area contributed by atoms with Crippen molar-refractivity contribution in [2.24, 2.45) is 11.7 Å². The number of hydrogen-bond donors (Lipinski definition) is 1. The summed E-state index contributed by atoms with van der Waals surface area (Å²) in [7, 11) is 3.21. The van der Waals surface area contributed by atoms with Crippen LogP contribution in [0.4, 0.5) is 10.6 Å².